The molecule has 0 aliphatic heterocycles. The number of halogens is 1. The van der Waals surface area contributed by atoms with Crippen LogP contribution in [0.5, 0.6) is 0 Å². The molecule has 2 rings (SSSR count). The minimum atomic E-state index is -0.320. The van der Waals surface area contributed by atoms with Gasteiger partial charge in [0.25, 0.3) is 0 Å². The van der Waals surface area contributed by atoms with Crippen LogP contribution < -0.4 is 0 Å². The van der Waals surface area contributed by atoms with Crippen molar-refractivity contribution in [3.63, 3.8) is 0 Å². The van der Waals surface area contributed by atoms with Gasteiger partial charge in [0.1, 0.15) is 5.82 Å². The number of hydrogen-bond donors (Lipinski definition) is 0. The van der Waals surface area contributed by atoms with Crippen LogP contribution in [0.25, 0.3) is 5.69 Å². The lowest BCUT2D eigenvalue weighted by Gasteiger charge is -2.05. The second-order valence-electron chi connectivity index (χ2n) is 4.29. The lowest BCUT2D eigenvalue weighted by molar-refractivity contribution is -0.139. The van der Waals surface area contributed by atoms with Crippen molar-refractivity contribution < 1.29 is 13.9 Å². The van der Waals surface area contributed by atoms with E-state index in [0.717, 1.165) is 17.0 Å². The first-order valence-electron chi connectivity index (χ1n) is 5.90. The van der Waals surface area contributed by atoms with E-state index >= 15 is 0 Å². The van der Waals surface area contributed by atoms with Crippen LogP contribution in [-0.4, -0.2) is 22.9 Å². The molecule has 0 unspecified atom stereocenters. The van der Waals surface area contributed by atoms with Crippen molar-refractivity contribution in [3.8, 4) is 5.69 Å². The van der Waals surface area contributed by atoms with Crippen molar-refractivity contribution in [2.75, 3.05) is 7.11 Å². The smallest absolute Gasteiger partial charge is 0.310 e. The minimum Gasteiger partial charge on any atom is -0.469 e. The Labute approximate surface area is 110 Å². The fraction of sp³-hybridized carbons (Fsp3) is 0.286. The third-order valence-electron chi connectivity index (χ3n) is 3.04. The van der Waals surface area contributed by atoms with Gasteiger partial charge >= 0.3 is 5.97 Å². The van der Waals surface area contributed by atoms with Crippen molar-refractivity contribution in [2.24, 2.45) is 0 Å². The number of aryl methyl sites for hydroxylation is 1. The molecular formula is C14H15FN2O2. The van der Waals surface area contributed by atoms with Gasteiger partial charge in [0, 0.05) is 11.3 Å². The molecule has 1 heterocycles. The predicted octanol–water partition coefficient (Wildman–Crippen LogP) is 2.34. The van der Waals surface area contributed by atoms with E-state index in [0.29, 0.717) is 5.69 Å². The van der Waals surface area contributed by atoms with Gasteiger partial charge in [0.15, 0.2) is 0 Å². The van der Waals surface area contributed by atoms with Gasteiger partial charge in [0.05, 0.1) is 24.9 Å². The van der Waals surface area contributed by atoms with E-state index in [-0.39, 0.29) is 18.2 Å². The van der Waals surface area contributed by atoms with Crippen LogP contribution >= 0.6 is 0 Å². The Morgan fingerprint density at radius 3 is 2.79 bits per heavy atom. The average molecular weight is 262 g/mol. The zero-order chi connectivity index (χ0) is 14.0. The van der Waals surface area contributed by atoms with Crippen molar-refractivity contribution in [2.45, 2.75) is 20.3 Å². The van der Waals surface area contributed by atoms with E-state index in [2.05, 4.69) is 9.84 Å². The zero-order valence-corrected chi connectivity index (χ0v) is 11.1. The summed E-state index contributed by atoms with van der Waals surface area (Å²) in [6, 6.07) is 6.18. The van der Waals surface area contributed by atoms with Crippen molar-refractivity contribution >= 4 is 5.97 Å². The topological polar surface area (TPSA) is 44.1 Å². The molecule has 0 saturated carbocycles. The van der Waals surface area contributed by atoms with Crippen molar-refractivity contribution in [3.05, 3.63) is 47.0 Å². The van der Waals surface area contributed by atoms with Gasteiger partial charge in [-0.2, -0.15) is 5.10 Å². The molecule has 0 spiro atoms. The van der Waals surface area contributed by atoms with E-state index < -0.39 is 0 Å². The molecular weight excluding hydrogens is 247 g/mol. The molecule has 0 aliphatic carbocycles. The summed E-state index contributed by atoms with van der Waals surface area (Å²) in [5.41, 5.74) is 3.01. The number of esters is 1. The van der Waals surface area contributed by atoms with Gasteiger partial charge in [-0.3, -0.25) is 4.79 Å². The molecule has 0 saturated heterocycles. The summed E-state index contributed by atoms with van der Waals surface area (Å²) < 4.78 is 19.5. The van der Waals surface area contributed by atoms with E-state index in [9.17, 15) is 9.18 Å². The quantitative estimate of drug-likeness (QED) is 0.797. The van der Waals surface area contributed by atoms with Gasteiger partial charge in [-0.05, 0) is 32.0 Å². The number of benzene rings is 1. The van der Waals surface area contributed by atoms with Crippen LogP contribution in [0.3, 0.4) is 0 Å². The maximum absolute atomic E-state index is 13.2. The molecule has 0 radical (unpaired) electrons. The van der Waals surface area contributed by atoms with Crippen LogP contribution in [0.1, 0.15) is 17.0 Å². The average Bonchev–Trinajstić information content (AvgIpc) is 2.66. The second-order valence-corrected chi connectivity index (χ2v) is 4.29. The lowest BCUT2D eigenvalue weighted by Crippen LogP contribution is -2.06. The Morgan fingerprint density at radius 2 is 2.16 bits per heavy atom. The molecule has 0 aliphatic rings. The molecule has 0 amide bonds. The molecule has 0 atom stereocenters. The summed E-state index contributed by atoms with van der Waals surface area (Å²) in [6.45, 7) is 3.67. The fourth-order valence-corrected chi connectivity index (χ4v) is 2.01. The molecule has 1 aromatic heterocycles. The number of methoxy groups -OCH3 is 1. The Kier molecular flexibility index (Phi) is 3.64. The van der Waals surface area contributed by atoms with Crippen molar-refractivity contribution in [1.29, 1.82) is 0 Å². The molecule has 0 bridgehead atoms. The number of nitrogens with zero attached hydrogens (tertiary/aromatic N) is 2. The number of rotatable bonds is 3. The molecule has 0 fully saturated rings. The highest BCUT2D eigenvalue weighted by atomic mass is 19.1. The monoisotopic (exact) mass is 262 g/mol. The highest BCUT2D eigenvalue weighted by Crippen LogP contribution is 2.19. The number of carbonyl (C=O) groups is 1. The third kappa shape index (κ3) is 2.65. The van der Waals surface area contributed by atoms with Gasteiger partial charge in [0.2, 0.25) is 0 Å². The third-order valence-corrected chi connectivity index (χ3v) is 3.04. The standard InChI is InChI=1S/C14H15FN2O2/c1-9-13(8-14(18)19-3)10(2)17(16-9)12-6-4-5-11(15)7-12/h4-7H,8H2,1-3H3. The summed E-state index contributed by atoms with van der Waals surface area (Å²) in [4.78, 5) is 11.4. The summed E-state index contributed by atoms with van der Waals surface area (Å²) in [5.74, 6) is -0.635. The fourth-order valence-electron chi connectivity index (χ4n) is 2.01. The maximum atomic E-state index is 13.2. The minimum absolute atomic E-state index is 0.170. The molecule has 4 nitrogen and oxygen atoms in total. The predicted molar refractivity (Wildman–Crippen MR) is 68.7 cm³/mol. The summed E-state index contributed by atoms with van der Waals surface area (Å²) in [6.07, 6.45) is 0.170. The molecule has 0 N–H and O–H groups in total. The van der Waals surface area contributed by atoms with Gasteiger partial charge in [-0.15, -0.1) is 0 Å². The van der Waals surface area contributed by atoms with Crippen LogP contribution in [-0.2, 0) is 16.0 Å². The number of aromatic nitrogens is 2. The summed E-state index contributed by atoms with van der Waals surface area (Å²) >= 11 is 0. The van der Waals surface area contributed by atoms with Gasteiger partial charge in [-0.1, -0.05) is 6.07 Å². The highest BCUT2D eigenvalue weighted by Gasteiger charge is 2.16. The SMILES string of the molecule is COC(=O)Cc1c(C)nn(-c2cccc(F)c2)c1C. The van der Waals surface area contributed by atoms with Gasteiger partial charge in [-0.25, -0.2) is 9.07 Å². The van der Waals surface area contributed by atoms with E-state index in [1.54, 1.807) is 16.8 Å². The first kappa shape index (κ1) is 13.3. The van der Waals surface area contributed by atoms with Crippen LogP contribution in [0.2, 0.25) is 0 Å². The Hall–Kier alpha value is -2.17. The highest BCUT2D eigenvalue weighted by molar-refractivity contribution is 5.73. The molecule has 100 valence electrons. The largest absolute Gasteiger partial charge is 0.469 e. The van der Waals surface area contributed by atoms with Crippen molar-refractivity contribution in [1.82, 2.24) is 9.78 Å². The van der Waals surface area contributed by atoms with Crippen LogP contribution in [0, 0.1) is 19.7 Å². The maximum Gasteiger partial charge on any atom is 0.310 e. The molecule has 5 heteroatoms. The molecule has 1 aromatic carbocycles. The first-order valence-corrected chi connectivity index (χ1v) is 5.90. The zero-order valence-electron chi connectivity index (χ0n) is 11.1. The summed E-state index contributed by atoms with van der Waals surface area (Å²) in [7, 11) is 1.35. The summed E-state index contributed by atoms with van der Waals surface area (Å²) in [5, 5.41) is 4.35. The molecule has 19 heavy (non-hydrogen) atoms. The van der Waals surface area contributed by atoms with Gasteiger partial charge < -0.3 is 4.74 Å². The van der Waals surface area contributed by atoms with E-state index in [4.69, 9.17) is 0 Å². The van der Waals surface area contributed by atoms with Crippen LogP contribution in [0.15, 0.2) is 24.3 Å². The lowest BCUT2D eigenvalue weighted by atomic mass is 10.1. The first-order chi connectivity index (χ1) is 9.02. The van der Waals surface area contributed by atoms with E-state index in [1.807, 2.05) is 13.8 Å². The molecule has 2 aromatic rings. The Balaban J connectivity index is 2.44. The number of carbonyl (C=O) groups excluding carboxylic acids is 1. The normalized spacial score (nSPS) is 10.5. The Bertz CT molecular complexity index is 620. The number of hydrogen-bond acceptors (Lipinski definition) is 3. The number of ether oxygens (including phenoxy) is 1. The second kappa shape index (κ2) is 5.22. The van der Waals surface area contributed by atoms with E-state index in [1.165, 1.54) is 19.2 Å². The van der Waals surface area contributed by atoms with Crippen LogP contribution in [0.4, 0.5) is 4.39 Å². The Morgan fingerprint density at radius 1 is 1.42 bits per heavy atom.